The van der Waals surface area contributed by atoms with Crippen molar-refractivity contribution in [3.8, 4) is 33.4 Å². The van der Waals surface area contributed by atoms with Gasteiger partial charge in [0, 0.05) is 11.1 Å². The molecule has 8 aromatic carbocycles. The number of fused-ring (bicyclic) bond motifs is 9. The molecule has 0 fully saturated rings. The molecule has 0 saturated carbocycles. The zero-order valence-electron chi connectivity index (χ0n) is 24.8. The van der Waals surface area contributed by atoms with Crippen LogP contribution >= 0.6 is 0 Å². The summed E-state index contributed by atoms with van der Waals surface area (Å²) in [5.74, 6) is 0. The average Bonchev–Trinajstić information content (AvgIpc) is 3.12. The number of nitrogens with zero attached hydrogens (tertiary/aromatic N) is 1. The molecule has 4 heteroatoms. The van der Waals surface area contributed by atoms with Crippen LogP contribution in [0.3, 0.4) is 0 Å². The maximum absolute atomic E-state index is 13.9. The highest BCUT2D eigenvalue weighted by atomic mass is 32.2. The molecule has 1 aliphatic heterocycles. The van der Waals surface area contributed by atoms with Crippen molar-refractivity contribution < 1.29 is 8.42 Å². The molecule has 46 heavy (non-hydrogen) atoms. The third-order valence-corrected chi connectivity index (χ3v) is 11.0. The van der Waals surface area contributed by atoms with Crippen molar-refractivity contribution in [2.24, 2.45) is 0 Å². The molecule has 8 aromatic rings. The summed E-state index contributed by atoms with van der Waals surface area (Å²) in [7, 11) is -3.78. The van der Waals surface area contributed by atoms with E-state index >= 15 is 0 Å². The summed E-state index contributed by atoms with van der Waals surface area (Å²) in [5.41, 5.74) is 7.25. The zero-order chi connectivity index (χ0) is 30.8. The molecule has 0 unspecified atom stereocenters. The lowest BCUT2D eigenvalue weighted by atomic mass is 9.91. The summed E-state index contributed by atoms with van der Waals surface area (Å²) in [5, 5.41) is 7.54. The normalized spacial score (nSPS) is 13.5. The van der Waals surface area contributed by atoms with Gasteiger partial charge in [-0.2, -0.15) is 0 Å². The van der Waals surface area contributed by atoms with Crippen molar-refractivity contribution >= 4 is 53.7 Å². The van der Waals surface area contributed by atoms with Crippen LogP contribution in [-0.2, 0) is 10.0 Å². The minimum absolute atomic E-state index is 0.313. The van der Waals surface area contributed by atoms with E-state index in [4.69, 9.17) is 0 Å². The molecule has 0 bridgehead atoms. The number of para-hydroxylation sites is 1. The Labute approximate surface area is 267 Å². The van der Waals surface area contributed by atoms with Crippen molar-refractivity contribution in [3.63, 3.8) is 0 Å². The molecule has 0 spiro atoms. The monoisotopic (exact) mass is 609 g/mol. The molecule has 0 amide bonds. The molecule has 3 nitrogen and oxygen atoms in total. The minimum atomic E-state index is -3.78. The molecule has 1 heterocycles. The van der Waals surface area contributed by atoms with Crippen molar-refractivity contribution in [1.82, 2.24) is 0 Å². The second-order valence-corrected chi connectivity index (χ2v) is 13.5. The maximum Gasteiger partial charge on any atom is 0.269 e. The summed E-state index contributed by atoms with van der Waals surface area (Å²) in [4.78, 5) is 0.313. The summed E-state index contributed by atoms with van der Waals surface area (Å²) >= 11 is 0. The molecular weight excluding hydrogens is 583 g/mol. The van der Waals surface area contributed by atoms with Crippen LogP contribution in [0.25, 0.3) is 65.7 Å². The first kappa shape index (κ1) is 26.7. The first-order chi connectivity index (χ1) is 22.6. The van der Waals surface area contributed by atoms with Gasteiger partial charge in [-0.15, -0.1) is 0 Å². The van der Waals surface area contributed by atoms with E-state index in [1.165, 1.54) is 36.6 Å². The number of hydrogen-bond acceptors (Lipinski definition) is 2. The SMILES string of the molecule is O=S1(=O)c2ccccc2-c2cc(-c3cccc(-c4ccc5c6ccccc6c6ccccc6c5c4)c3)ccc2N1c1ccccc1. The Balaban J connectivity index is 1.19. The molecule has 218 valence electrons. The van der Waals surface area contributed by atoms with Gasteiger partial charge in [0.05, 0.1) is 16.3 Å². The standard InChI is InChI=1S/C42H27NO2S/c44-46(45)42-20-9-8-19-38(42)40-27-31(22-24-41(40)43(46)32-13-2-1-3-14-32)29-12-10-11-28(25-29)30-21-23-37-35-17-5-4-15-33(35)34-16-6-7-18-36(34)39(37)26-30/h1-27H. The smallest absolute Gasteiger partial charge is 0.234 e. The fraction of sp³-hybridized carbons (Fsp3) is 0. The second kappa shape index (κ2) is 10.2. The van der Waals surface area contributed by atoms with Gasteiger partial charge in [0.2, 0.25) is 0 Å². The van der Waals surface area contributed by atoms with Crippen LogP contribution in [0.4, 0.5) is 11.4 Å². The quantitative estimate of drug-likeness (QED) is 0.187. The maximum atomic E-state index is 13.9. The van der Waals surface area contributed by atoms with Gasteiger partial charge in [0.15, 0.2) is 0 Å². The van der Waals surface area contributed by atoms with Gasteiger partial charge in [-0.25, -0.2) is 12.7 Å². The molecule has 0 atom stereocenters. The van der Waals surface area contributed by atoms with E-state index < -0.39 is 10.0 Å². The van der Waals surface area contributed by atoms with Crippen molar-refractivity contribution in [2.75, 3.05) is 4.31 Å². The Morgan fingerprint density at radius 1 is 0.370 bits per heavy atom. The van der Waals surface area contributed by atoms with Crippen LogP contribution in [0, 0.1) is 0 Å². The highest BCUT2D eigenvalue weighted by Gasteiger charge is 2.36. The number of anilines is 2. The molecule has 0 saturated heterocycles. The number of benzene rings is 8. The van der Waals surface area contributed by atoms with E-state index in [-0.39, 0.29) is 0 Å². The topological polar surface area (TPSA) is 37.4 Å². The lowest BCUT2D eigenvalue weighted by Gasteiger charge is -2.32. The molecule has 0 aromatic heterocycles. The van der Waals surface area contributed by atoms with E-state index in [1.54, 1.807) is 12.1 Å². The van der Waals surface area contributed by atoms with Crippen LogP contribution in [0.15, 0.2) is 169 Å². The Kier molecular flexibility index (Phi) is 5.89. The zero-order valence-corrected chi connectivity index (χ0v) is 25.6. The van der Waals surface area contributed by atoms with Crippen LogP contribution in [-0.4, -0.2) is 8.42 Å². The van der Waals surface area contributed by atoms with E-state index in [0.29, 0.717) is 16.3 Å². The summed E-state index contributed by atoms with van der Waals surface area (Å²) < 4.78 is 29.3. The molecule has 0 aliphatic carbocycles. The van der Waals surface area contributed by atoms with Gasteiger partial charge >= 0.3 is 0 Å². The van der Waals surface area contributed by atoms with Gasteiger partial charge < -0.3 is 0 Å². The van der Waals surface area contributed by atoms with Crippen molar-refractivity contribution in [3.05, 3.63) is 164 Å². The Hall–Kier alpha value is -5.71. The Morgan fingerprint density at radius 3 is 1.59 bits per heavy atom. The van der Waals surface area contributed by atoms with Gasteiger partial charge in [-0.1, -0.05) is 121 Å². The van der Waals surface area contributed by atoms with E-state index in [1.807, 2.05) is 54.6 Å². The second-order valence-electron chi connectivity index (χ2n) is 11.8. The lowest BCUT2D eigenvalue weighted by Crippen LogP contribution is -2.30. The molecule has 0 N–H and O–H groups in total. The largest absolute Gasteiger partial charge is 0.269 e. The lowest BCUT2D eigenvalue weighted by molar-refractivity contribution is 0.596. The van der Waals surface area contributed by atoms with Crippen LogP contribution < -0.4 is 4.31 Å². The fourth-order valence-corrected chi connectivity index (χ4v) is 8.78. The molecular formula is C42H27NO2S. The predicted octanol–water partition coefficient (Wildman–Crippen LogP) is 11.0. The van der Waals surface area contributed by atoms with Gasteiger partial charge in [0.1, 0.15) is 0 Å². The highest BCUT2D eigenvalue weighted by molar-refractivity contribution is 7.93. The minimum Gasteiger partial charge on any atom is -0.234 e. The van der Waals surface area contributed by atoms with Gasteiger partial charge in [0.25, 0.3) is 10.0 Å². The molecule has 0 radical (unpaired) electrons. The first-order valence-corrected chi connectivity index (χ1v) is 16.8. The molecule has 9 rings (SSSR count). The summed E-state index contributed by atoms with van der Waals surface area (Å²) in [6.07, 6.45) is 0. The third-order valence-electron chi connectivity index (χ3n) is 9.18. The van der Waals surface area contributed by atoms with Crippen LogP contribution in [0.1, 0.15) is 0 Å². The molecule has 1 aliphatic rings. The van der Waals surface area contributed by atoms with Gasteiger partial charge in [-0.3, -0.25) is 0 Å². The fourth-order valence-electron chi connectivity index (χ4n) is 7.06. The highest BCUT2D eigenvalue weighted by Crippen LogP contribution is 2.48. The summed E-state index contributed by atoms with van der Waals surface area (Å²) in [6.45, 7) is 0. The first-order valence-electron chi connectivity index (χ1n) is 15.4. The van der Waals surface area contributed by atoms with E-state index in [9.17, 15) is 8.42 Å². The predicted molar refractivity (Wildman–Crippen MR) is 191 cm³/mol. The average molecular weight is 610 g/mol. The Morgan fingerprint density at radius 2 is 0.891 bits per heavy atom. The number of hydrogen-bond donors (Lipinski definition) is 0. The van der Waals surface area contributed by atoms with Gasteiger partial charge in [-0.05, 0) is 97.0 Å². The van der Waals surface area contributed by atoms with E-state index in [2.05, 4.69) is 97.1 Å². The number of rotatable bonds is 3. The third kappa shape index (κ3) is 4.01. The van der Waals surface area contributed by atoms with Crippen molar-refractivity contribution in [1.29, 1.82) is 0 Å². The number of sulfonamides is 1. The van der Waals surface area contributed by atoms with E-state index in [0.717, 1.165) is 33.4 Å². The van der Waals surface area contributed by atoms with Crippen molar-refractivity contribution in [2.45, 2.75) is 4.90 Å². The van der Waals surface area contributed by atoms with Crippen LogP contribution in [0.2, 0.25) is 0 Å². The summed E-state index contributed by atoms with van der Waals surface area (Å²) in [6, 6.07) is 55.3. The van der Waals surface area contributed by atoms with Crippen LogP contribution in [0.5, 0.6) is 0 Å². The Bertz CT molecular complexity index is 2570.